The van der Waals surface area contributed by atoms with E-state index >= 15 is 0 Å². The van der Waals surface area contributed by atoms with Gasteiger partial charge in [0.2, 0.25) is 0 Å². The summed E-state index contributed by atoms with van der Waals surface area (Å²) >= 11 is 5.80. The van der Waals surface area contributed by atoms with Crippen LogP contribution in [0.25, 0.3) is 0 Å². The van der Waals surface area contributed by atoms with E-state index in [9.17, 15) is 4.79 Å². The van der Waals surface area contributed by atoms with Crippen molar-refractivity contribution in [1.29, 1.82) is 0 Å². The van der Waals surface area contributed by atoms with Crippen LogP contribution in [0, 0.1) is 0 Å². The van der Waals surface area contributed by atoms with Crippen LogP contribution in [-0.4, -0.2) is 19.6 Å². The zero-order chi connectivity index (χ0) is 12.0. The van der Waals surface area contributed by atoms with Gasteiger partial charge in [-0.1, -0.05) is 17.7 Å². The molecule has 4 heteroatoms. The van der Waals surface area contributed by atoms with Gasteiger partial charge in [-0.25, -0.2) is 0 Å². The predicted molar refractivity (Wildman–Crippen MR) is 65.2 cm³/mol. The average molecular weight is 240 g/mol. The molecule has 1 aromatic rings. The number of benzene rings is 1. The van der Waals surface area contributed by atoms with Crippen molar-refractivity contribution in [3.8, 4) is 5.75 Å². The summed E-state index contributed by atoms with van der Waals surface area (Å²) in [7, 11) is 1.51. The summed E-state index contributed by atoms with van der Waals surface area (Å²) < 4.78 is 5.09. The van der Waals surface area contributed by atoms with Crippen molar-refractivity contribution in [1.82, 2.24) is 5.32 Å². The fourth-order valence-corrected chi connectivity index (χ4v) is 1.40. The number of ether oxygens (including phenoxy) is 1. The van der Waals surface area contributed by atoms with Gasteiger partial charge in [-0.3, -0.25) is 4.79 Å². The average Bonchev–Trinajstić information content (AvgIpc) is 2.29. The number of rotatable bonds is 5. The van der Waals surface area contributed by atoms with Crippen LogP contribution in [0.3, 0.4) is 0 Å². The lowest BCUT2D eigenvalue weighted by atomic mass is 10.2. The minimum atomic E-state index is -0.171. The number of amides is 1. The Morgan fingerprint density at radius 2 is 2.38 bits per heavy atom. The summed E-state index contributed by atoms with van der Waals surface area (Å²) in [5, 5.41) is 3.30. The number of nitrogens with one attached hydrogen (secondary N) is 1. The van der Waals surface area contributed by atoms with Crippen molar-refractivity contribution in [2.45, 2.75) is 6.42 Å². The normalized spacial score (nSPS) is 9.62. The van der Waals surface area contributed by atoms with Crippen LogP contribution in [0.5, 0.6) is 5.75 Å². The highest BCUT2D eigenvalue weighted by atomic mass is 35.5. The van der Waals surface area contributed by atoms with E-state index in [1.165, 1.54) is 7.11 Å². The molecule has 0 aliphatic heterocycles. The van der Waals surface area contributed by atoms with Gasteiger partial charge in [0.25, 0.3) is 5.91 Å². The highest BCUT2D eigenvalue weighted by molar-refractivity contribution is 6.30. The molecule has 3 nitrogen and oxygen atoms in total. The second kappa shape index (κ2) is 6.18. The fourth-order valence-electron chi connectivity index (χ4n) is 1.24. The minimum Gasteiger partial charge on any atom is -0.496 e. The molecule has 86 valence electrons. The monoisotopic (exact) mass is 239 g/mol. The molecule has 0 atom stereocenters. The van der Waals surface area contributed by atoms with Crippen LogP contribution in [-0.2, 0) is 0 Å². The summed E-state index contributed by atoms with van der Waals surface area (Å²) in [5.41, 5.74) is 0.482. The maximum absolute atomic E-state index is 11.7. The Hall–Kier alpha value is -1.48. The van der Waals surface area contributed by atoms with Crippen LogP contribution < -0.4 is 10.1 Å². The molecule has 1 aromatic carbocycles. The van der Waals surface area contributed by atoms with E-state index in [0.29, 0.717) is 22.9 Å². The molecule has 0 fully saturated rings. The van der Waals surface area contributed by atoms with Gasteiger partial charge in [0.05, 0.1) is 12.7 Å². The van der Waals surface area contributed by atoms with Gasteiger partial charge in [-0.2, -0.15) is 0 Å². The molecule has 0 radical (unpaired) electrons. The molecule has 0 bridgehead atoms. The van der Waals surface area contributed by atoms with Crippen molar-refractivity contribution < 1.29 is 9.53 Å². The topological polar surface area (TPSA) is 38.3 Å². The third-order valence-corrected chi connectivity index (χ3v) is 2.28. The summed E-state index contributed by atoms with van der Waals surface area (Å²) in [6, 6.07) is 4.92. The Bertz CT molecular complexity index is 391. The molecule has 1 N–H and O–H groups in total. The quantitative estimate of drug-likeness (QED) is 0.634. The summed E-state index contributed by atoms with van der Waals surface area (Å²) in [6.45, 7) is 4.15. The highest BCUT2D eigenvalue weighted by Crippen LogP contribution is 2.22. The lowest BCUT2D eigenvalue weighted by Crippen LogP contribution is -2.24. The van der Waals surface area contributed by atoms with E-state index in [-0.39, 0.29) is 5.91 Å². The number of hydrogen-bond acceptors (Lipinski definition) is 2. The molecule has 0 heterocycles. The summed E-state index contributed by atoms with van der Waals surface area (Å²) in [6.07, 6.45) is 2.49. The third-order valence-electron chi connectivity index (χ3n) is 2.04. The number of hydrogen-bond donors (Lipinski definition) is 1. The van der Waals surface area contributed by atoms with Crippen molar-refractivity contribution in [3.63, 3.8) is 0 Å². The zero-order valence-corrected chi connectivity index (χ0v) is 9.88. The van der Waals surface area contributed by atoms with Gasteiger partial charge in [0.1, 0.15) is 5.75 Å². The molecule has 1 amide bonds. The first-order valence-corrected chi connectivity index (χ1v) is 5.29. The van der Waals surface area contributed by atoms with Gasteiger partial charge in [0, 0.05) is 11.6 Å². The summed E-state index contributed by atoms with van der Waals surface area (Å²) in [5.74, 6) is 0.305. The third kappa shape index (κ3) is 3.28. The van der Waals surface area contributed by atoms with E-state index < -0.39 is 0 Å². The van der Waals surface area contributed by atoms with Crippen LogP contribution in [0.2, 0.25) is 5.02 Å². The zero-order valence-electron chi connectivity index (χ0n) is 9.13. The standard InChI is InChI=1S/C12H14ClNO2/c1-3-4-7-14-12(15)10-6-5-9(13)8-11(10)16-2/h3,5-6,8H,1,4,7H2,2H3,(H,14,15). The van der Waals surface area contributed by atoms with Crippen LogP contribution in [0.15, 0.2) is 30.9 Å². The Morgan fingerprint density at radius 3 is 3.00 bits per heavy atom. The second-order valence-electron chi connectivity index (χ2n) is 3.18. The lowest BCUT2D eigenvalue weighted by molar-refractivity contribution is 0.0951. The fraction of sp³-hybridized carbons (Fsp3) is 0.250. The second-order valence-corrected chi connectivity index (χ2v) is 3.61. The first kappa shape index (κ1) is 12.6. The molecular formula is C12H14ClNO2. The van der Waals surface area contributed by atoms with Gasteiger partial charge in [-0.15, -0.1) is 6.58 Å². The van der Waals surface area contributed by atoms with Crippen LogP contribution in [0.1, 0.15) is 16.8 Å². The molecule has 0 spiro atoms. The molecule has 0 saturated heterocycles. The number of methoxy groups -OCH3 is 1. The van der Waals surface area contributed by atoms with E-state index in [1.54, 1.807) is 24.3 Å². The molecule has 0 aromatic heterocycles. The van der Waals surface area contributed by atoms with Crippen molar-refractivity contribution in [3.05, 3.63) is 41.4 Å². The predicted octanol–water partition coefficient (Wildman–Crippen LogP) is 2.65. The first-order valence-electron chi connectivity index (χ1n) is 4.91. The van der Waals surface area contributed by atoms with Gasteiger partial charge in [-0.05, 0) is 24.6 Å². The molecule has 0 aliphatic carbocycles. The number of carbonyl (C=O) groups is 1. The lowest BCUT2D eigenvalue weighted by Gasteiger charge is -2.08. The van der Waals surface area contributed by atoms with E-state index in [2.05, 4.69) is 11.9 Å². The Labute approximate surface area is 100 Å². The van der Waals surface area contributed by atoms with Crippen LogP contribution in [0.4, 0.5) is 0 Å². The Balaban J connectivity index is 2.78. The number of halogens is 1. The highest BCUT2D eigenvalue weighted by Gasteiger charge is 2.11. The maximum Gasteiger partial charge on any atom is 0.255 e. The van der Waals surface area contributed by atoms with E-state index in [4.69, 9.17) is 16.3 Å². The SMILES string of the molecule is C=CCCNC(=O)c1ccc(Cl)cc1OC. The van der Waals surface area contributed by atoms with Crippen molar-refractivity contribution in [2.75, 3.05) is 13.7 Å². The smallest absolute Gasteiger partial charge is 0.255 e. The van der Waals surface area contributed by atoms with Gasteiger partial charge < -0.3 is 10.1 Å². The van der Waals surface area contributed by atoms with Crippen LogP contribution >= 0.6 is 11.6 Å². The number of carbonyl (C=O) groups excluding carboxylic acids is 1. The molecule has 1 rings (SSSR count). The summed E-state index contributed by atoms with van der Waals surface area (Å²) in [4.78, 5) is 11.7. The van der Waals surface area contributed by atoms with Gasteiger partial charge in [0.15, 0.2) is 0 Å². The molecule has 16 heavy (non-hydrogen) atoms. The molecular weight excluding hydrogens is 226 g/mol. The molecule has 0 unspecified atom stereocenters. The van der Waals surface area contributed by atoms with E-state index in [0.717, 1.165) is 6.42 Å². The minimum absolute atomic E-state index is 0.171. The molecule has 0 saturated carbocycles. The first-order chi connectivity index (χ1) is 7.69. The van der Waals surface area contributed by atoms with Crippen molar-refractivity contribution >= 4 is 17.5 Å². The largest absolute Gasteiger partial charge is 0.496 e. The van der Waals surface area contributed by atoms with Gasteiger partial charge >= 0.3 is 0 Å². The van der Waals surface area contributed by atoms with Crippen molar-refractivity contribution in [2.24, 2.45) is 0 Å². The Morgan fingerprint density at radius 1 is 1.62 bits per heavy atom. The molecule has 0 aliphatic rings. The maximum atomic E-state index is 11.7. The van der Waals surface area contributed by atoms with E-state index in [1.807, 2.05) is 0 Å². The Kier molecular flexibility index (Phi) is 4.86.